The molecule has 0 aromatic carbocycles. The van der Waals surface area contributed by atoms with Crippen molar-refractivity contribution in [2.45, 2.75) is 19.3 Å². The third kappa shape index (κ3) is 63.5. The molecule has 0 radical (unpaired) electrons. The molecule has 21 heteroatoms. The van der Waals surface area contributed by atoms with Gasteiger partial charge in [-0.2, -0.15) is 0 Å². The summed E-state index contributed by atoms with van der Waals surface area (Å²) in [6, 6.07) is 0. The molecule has 12 N–H and O–H groups in total. The molecule has 0 atom stereocenters. The minimum absolute atomic E-state index is 0. The number of hydrogen-bond acceptors (Lipinski definition) is 6. The van der Waals surface area contributed by atoms with Gasteiger partial charge < -0.3 is 46.6 Å². The third-order valence-corrected chi connectivity index (χ3v) is 4.37. The molecule has 0 saturated heterocycles. The summed E-state index contributed by atoms with van der Waals surface area (Å²) >= 11 is 0. The van der Waals surface area contributed by atoms with E-state index in [4.69, 9.17) is 29.4 Å². The van der Waals surface area contributed by atoms with Crippen molar-refractivity contribution < 1.29 is 57.4 Å². The molecule has 3 amide bonds. The van der Waals surface area contributed by atoms with Crippen LogP contribution in [-0.4, -0.2) is 220 Å². The zero-order chi connectivity index (χ0) is 22.5. The predicted octanol–water partition coefficient (Wildman–Crippen LogP) is -4.83. The number of carbonyl (C=O) groups is 3. The van der Waals surface area contributed by atoms with Crippen LogP contribution in [0.1, 0.15) is 19.3 Å². The van der Waals surface area contributed by atoms with E-state index in [2.05, 4.69) is 17.2 Å². The molecule has 0 aliphatic heterocycles. The van der Waals surface area contributed by atoms with Crippen molar-refractivity contribution in [2.24, 2.45) is 17.2 Å². The van der Waals surface area contributed by atoms with E-state index in [9.17, 15) is 28.1 Å². The van der Waals surface area contributed by atoms with Crippen LogP contribution < -0.4 is 17.2 Å². The van der Waals surface area contributed by atoms with E-state index in [1.807, 2.05) is 0 Å². The molecule has 0 spiro atoms. The molecule has 30 heavy (non-hydrogen) atoms. The Hall–Kier alpha value is 3.77. The summed E-state index contributed by atoms with van der Waals surface area (Å²) in [7, 11) is -12.1. The number of nitrogens with two attached hydrogens (primary N) is 3. The second-order valence-electron chi connectivity index (χ2n) is 4.81. The molecule has 0 aliphatic carbocycles. The first-order valence-electron chi connectivity index (χ1n) is 6.74. The molecule has 0 heterocycles. The second kappa shape index (κ2) is 24.5. The van der Waals surface area contributed by atoms with Gasteiger partial charge in [-0.3, -0.25) is 28.1 Å². The van der Waals surface area contributed by atoms with E-state index in [0.29, 0.717) is 0 Å². The minimum atomic E-state index is -4.02. The topological polar surface area (TPSA) is 302 Å². The average molecular weight is 580 g/mol. The van der Waals surface area contributed by atoms with Crippen LogP contribution in [0, 0.1) is 0 Å². The first kappa shape index (κ1) is 47.0. The van der Waals surface area contributed by atoms with E-state index in [0.717, 1.165) is 0 Å². The summed E-state index contributed by atoms with van der Waals surface area (Å²) in [6.45, 7) is 0. The fraction of sp³-hybridized carbons (Fsp3) is 0.667. The molecule has 168 valence electrons. The van der Waals surface area contributed by atoms with Gasteiger partial charge in [0.15, 0.2) is 0 Å². The molecule has 0 aliphatic rings. The molecular formula is C9H27K3N3O12P3. The first-order valence-corrected chi connectivity index (χ1v) is 12.1. The van der Waals surface area contributed by atoms with Gasteiger partial charge in [0.1, 0.15) is 0 Å². The number of amides is 3. The van der Waals surface area contributed by atoms with Gasteiger partial charge in [0.05, 0.1) is 18.5 Å². The van der Waals surface area contributed by atoms with E-state index in [1.54, 1.807) is 0 Å². The van der Waals surface area contributed by atoms with Crippen molar-refractivity contribution in [1.29, 1.82) is 0 Å². The number of primary amides is 3. The summed E-state index contributed by atoms with van der Waals surface area (Å²) in [6.07, 6.45) is -2.15. The van der Waals surface area contributed by atoms with Gasteiger partial charge in [-0.1, -0.05) is 0 Å². The Labute approximate surface area is 300 Å². The van der Waals surface area contributed by atoms with Gasteiger partial charge >= 0.3 is 177 Å². The van der Waals surface area contributed by atoms with Crippen LogP contribution >= 0.6 is 22.8 Å². The monoisotopic (exact) mass is 579 g/mol. The van der Waals surface area contributed by atoms with Crippen LogP contribution in [-0.2, 0) is 28.1 Å². The van der Waals surface area contributed by atoms with Crippen molar-refractivity contribution in [3.05, 3.63) is 0 Å². The van der Waals surface area contributed by atoms with E-state index < -0.39 is 59.0 Å². The van der Waals surface area contributed by atoms with Crippen LogP contribution in [0.2, 0.25) is 0 Å². The number of rotatable bonds is 9. The van der Waals surface area contributed by atoms with Crippen LogP contribution in [0.3, 0.4) is 0 Å². The van der Waals surface area contributed by atoms with Gasteiger partial charge in [-0.25, -0.2) is 0 Å². The second-order valence-corrected chi connectivity index (χ2v) is 10.1. The van der Waals surface area contributed by atoms with E-state index in [1.165, 1.54) is 0 Å². The Balaban J connectivity index is -0.0000000686. The van der Waals surface area contributed by atoms with Gasteiger partial charge in [0.2, 0.25) is 17.7 Å². The summed E-state index contributed by atoms with van der Waals surface area (Å²) < 4.78 is 30.1. The van der Waals surface area contributed by atoms with Crippen molar-refractivity contribution in [3.63, 3.8) is 0 Å². The molecule has 0 saturated carbocycles. The molecule has 0 unspecified atom stereocenters. The van der Waals surface area contributed by atoms with Gasteiger partial charge in [-0.15, -0.1) is 0 Å². The first-order chi connectivity index (χ1) is 11.7. The Kier molecular flexibility index (Phi) is 38.3. The molecule has 0 aromatic rings. The predicted molar refractivity (Wildman–Crippen MR) is 114 cm³/mol. The molecular weight excluding hydrogens is 552 g/mol. The van der Waals surface area contributed by atoms with Gasteiger partial charge in [-0.05, 0) is 0 Å². The van der Waals surface area contributed by atoms with Crippen LogP contribution in [0.5, 0.6) is 0 Å². The van der Waals surface area contributed by atoms with Crippen LogP contribution in [0.25, 0.3) is 0 Å². The molecule has 0 rings (SSSR count). The van der Waals surface area contributed by atoms with Gasteiger partial charge in [0.25, 0.3) is 0 Å². The molecule has 15 nitrogen and oxygen atoms in total. The average Bonchev–Trinajstić information content (AvgIpc) is 2.40. The number of carbonyl (C=O) groups excluding carboxylic acids is 3. The Morgan fingerprint density at radius 3 is 0.667 bits per heavy atom. The van der Waals surface area contributed by atoms with Gasteiger partial charge in [0, 0.05) is 19.3 Å². The summed E-state index contributed by atoms with van der Waals surface area (Å²) in [4.78, 5) is 78.8. The Morgan fingerprint density at radius 1 is 0.500 bits per heavy atom. The van der Waals surface area contributed by atoms with Crippen molar-refractivity contribution >= 4 is 195 Å². The Morgan fingerprint density at radius 2 is 0.633 bits per heavy atom. The quantitative estimate of drug-likeness (QED) is 0.0918. The van der Waals surface area contributed by atoms with Crippen molar-refractivity contribution in [1.82, 2.24) is 0 Å². The fourth-order valence-electron chi connectivity index (χ4n) is 0.768. The molecule has 0 aromatic heterocycles. The third-order valence-electron chi connectivity index (χ3n) is 1.95. The maximum atomic E-state index is 10.0. The summed E-state index contributed by atoms with van der Waals surface area (Å²) in [5.41, 5.74) is 13.9. The fourth-order valence-corrected chi connectivity index (χ4v) is 2.30. The van der Waals surface area contributed by atoms with E-state index in [-0.39, 0.29) is 173 Å². The summed E-state index contributed by atoms with van der Waals surface area (Å²) in [5, 5.41) is 0. The maximum absolute atomic E-state index is 10.0. The zero-order valence-corrected chi connectivity index (χ0v) is 16.6. The standard InChI is InChI=1S/3C3H8NO4P.3K.3H/c3*4-3(5)1-2-9(6,7)8;;;;;;/h3*1-2H2,(H2,4,5)(H2,6,7,8);;;;;;. The van der Waals surface area contributed by atoms with Crippen molar-refractivity contribution in [2.75, 3.05) is 18.5 Å². The molecule has 0 bridgehead atoms. The van der Waals surface area contributed by atoms with Crippen LogP contribution in [0.15, 0.2) is 0 Å². The Bertz CT molecular complexity index is 549. The number of hydrogen-bond donors (Lipinski definition) is 9. The van der Waals surface area contributed by atoms with Crippen LogP contribution in [0.4, 0.5) is 0 Å². The zero-order valence-electron chi connectivity index (χ0n) is 13.9. The van der Waals surface area contributed by atoms with Crippen molar-refractivity contribution in [3.8, 4) is 0 Å². The SMILES string of the molecule is NC(=O)CCP(=O)(O)O.NC(=O)CCP(=O)(O)O.NC(=O)CCP(=O)(O)O.[KH].[KH].[KH]. The van der Waals surface area contributed by atoms with E-state index >= 15 is 0 Å². The summed E-state index contributed by atoms with van der Waals surface area (Å²) in [5.74, 6) is -2.09. The molecule has 0 fully saturated rings. The normalized spacial score (nSPS) is 10.2.